The van der Waals surface area contributed by atoms with E-state index in [1.165, 1.54) is 0 Å². The van der Waals surface area contributed by atoms with Crippen LogP contribution in [0.5, 0.6) is 0 Å². The highest BCUT2D eigenvalue weighted by Crippen LogP contribution is 2.25. The van der Waals surface area contributed by atoms with Crippen molar-refractivity contribution in [2.45, 2.75) is 12.6 Å². The minimum absolute atomic E-state index is 0.0320. The van der Waals surface area contributed by atoms with E-state index < -0.39 is 4.92 Å². The average molecular weight is 333 g/mol. The number of rotatable bonds is 8. The molecule has 106 valence electrons. The molecule has 0 aromatic heterocycles. The zero-order valence-corrected chi connectivity index (χ0v) is 12.5. The molecule has 1 unspecified atom stereocenters. The summed E-state index contributed by atoms with van der Waals surface area (Å²) >= 11 is 3.16. The molecule has 1 aromatic carbocycles. The maximum absolute atomic E-state index is 10.8. The van der Waals surface area contributed by atoms with E-state index in [-0.39, 0.29) is 11.8 Å². The number of halogens is 1. The number of nitrogens with one attached hydrogen (secondary N) is 1. The topological polar surface area (TPSA) is 73.6 Å². The van der Waals surface area contributed by atoms with Gasteiger partial charge in [0.15, 0.2) is 0 Å². The number of nitro groups is 1. The van der Waals surface area contributed by atoms with Crippen molar-refractivity contribution in [3.8, 4) is 0 Å². The summed E-state index contributed by atoms with van der Waals surface area (Å²) in [5, 5.41) is 14.0. The second-order valence-electron chi connectivity index (χ2n) is 3.99. The molecule has 1 atom stereocenters. The van der Waals surface area contributed by atoms with Gasteiger partial charge in [0, 0.05) is 33.4 Å². The maximum atomic E-state index is 10.8. The predicted octanol–water partition coefficient (Wildman–Crippen LogP) is 2.11. The number of hydrogen-bond acceptors (Lipinski definition) is 5. The average Bonchev–Trinajstić information content (AvgIpc) is 2.39. The summed E-state index contributed by atoms with van der Waals surface area (Å²) in [7, 11) is 3.24. The molecule has 0 saturated heterocycles. The standard InChI is InChI=1S/C12H17BrN2O4/c1-18-8-10(19-2)7-14-6-9-3-4-11(13)12(5-9)15(16)17/h3-5,10,14H,6-8H2,1-2H3. The molecule has 6 nitrogen and oxygen atoms in total. The normalized spacial score (nSPS) is 12.4. The molecule has 19 heavy (non-hydrogen) atoms. The summed E-state index contributed by atoms with van der Waals surface area (Å²) in [6, 6.07) is 5.07. The lowest BCUT2D eigenvalue weighted by molar-refractivity contribution is -0.385. The van der Waals surface area contributed by atoms with Gasteiger partial charge in [-0.25, -0.2) is 0 Å². The van der Waals surface area contributed by atoms with Crippen molar-refractivity contribution in [2.75, 3.05) is 27.4 Å². The minimum Gasteiger partial charge on any atom is -0.382 e. The Morgan fingerprint density at radius 2 is 2.21 bits per heavy atom. The number of nitrogens with zero attached hydrogens (tertiary/aromatic N) is 1. The predicted molar refractivity (Wildman–Crippen MR) is 75.2 cm³/mol. The lowest BCUT2D eigenvalue weighted by Crippen LogP contribution is -2.31. The van der Waals surface area contributed by atoms with Crippen molar-refractivity contribution in [3.05, 3.63) is 38.3 Å². The number of methoxy groups -OCH3 is 2. The van der Waals surface area contributed by atoms with Gasteiger partial charge in [0.1, 0.15) is 0 Å². The molecule has 0 bridgehead atoms. The zero-order chi connectivity index (χ0) is 14.3. The molecule has 0 amide bonds. The quantitative estimate of drug-likeness (QED) is 0.583. The molecule has 0 heterocycles. The van der Waals surface area contributed by atoms with Crippen molar-refractivity contribution in [1.82, 2.24) is 5.32 Å². The van der Waals surface area contributed by atoms with E-state index in [0.29, 0.717) is 24.2 Å². The summed E-state index contributed by atoms with van der Waals surface area (Å²) in [6.45, 7) is 1.66. The van der Waals surface area contributed by atoms with Crippen molar-refractivity contribution >= 4 is 21.6 Å². The molecule has 0 saturated carbocycles. The minimum atomic E-state index is -0.406. The van der Waals surface area contributed by atoms with Crippen LogP contribution in [0.3, 0.4) is 0 Å². The molecule has 1 rings (SSSR count). The van der Waals surface area contributed by atoms with Crippen LogP contribution in [0.1, 0.15) is 5.56 Å². The van der Waals surface area contributed by atoms with E-state index in [4.69, 9.17) is 9.47 Å². The summed E-state index contributed by atoms with van der Waals surface area (Å²) in [4.78, 5) is 10.4. The lowest BCUT2D eigenvalue weighted by Gasteiger charge is -2.15. The van der Waals surface area contributed by atoms with Crippen LogP contribution in [0, 0.1) is 10.1 Å². The summed E-state index contributed by atoms with van der Waals surface area (Å²) in [5.41, 5.74) is 0.918. The fraction of sp³-hybridized carbons (Fsp3) is 0.500. The number of benzene rings is 1. The summed E-state index contributed by atoms with van der Waals surface area (Å²) in [6.07, 6.45) is -0.0320. The van der Waals surface area contributed by atoms with E-state index in [2.05, 4.69) is 21.2 Å². The largest absolute Gasteiger partial charge is 0.382 e. The van der Waals surface area contributed by atoms with Gasteiger partial charge in [-0.05, 0) is 27.6 Å². The highest BCUT2D eigenvalue weighted by molar-refractivity contribution is 9.10. The Morgan fingerprint density at radius 3 is 2.79 bits per heavy atom. The van der Waals surface area contributed by atoms with Crippen LogP contribution in [-0.4, -0.2) is 38.4 Å². The van der Waals surface area contributed by atoms with Gasteiger partial charge in [-0.2, -0.15) is 0 Å². The van der Waals surface area contributed by atoms with Crippen molar-refractivity contribution in [2.24, 2.45) is 0 Å². The van der Waals surface area contributed by atoms with Crippen LogP contribution >= 0.6 is 15.9 Å². The molecule has 1 aromatic rings. The molecular weight excluding hydrogens is 316 g/mol. The third-order valence-corrected chi connectivity index (χ3v) is 3.26. The Hall–Kier alpha value is -1.02. The van der Waals surface area contributed by atoms with Gasteiger partial charge in [0.05, 0.1) is 22.1 Å². The molecule has 1 N–H and O–H groups in total. The Labute approximate surface area is 120 Å². The number of ether oxygens (including phenoxy) is 2. The second kappa shape index (κ2) is 8.21. The first-order valence-electron chi connectivity index (χ1n) is 5.73. The highest BCUT2D eigenvalue weighted by atomic mass is 79.9. The Balaban J connectivity index is 2.54. The van der Waals surface area contributed by atoms with Crippen molar-refractivity contribution in [3.63, 3.8) is 0 Å². The Kier molecular flexibility index (Phi) is 6.93. The molecule has 0 radical (unpaired) electrons. The molecule has 7 heteroatoms. The third-order valence-electron chi connectivity index (χ3n) is 2.59. The monoisotopic (exact) mass is 332 g/mol. The van der Waals surface area contributed by atoms with Crippen molar-refractivity contribution < 1.29 is 14.4 Å². The van der Waals surface area contributed by atoms with Crippen LogP contribution in [0.25, 0.3) is 0 Å². The summed E-state index contributed by atoms with van der Waals surface area (Å²) < 4.78 is 10.7. The Morgan fingerprint density at radius 1 is 1.47 bits per heavy atom. The van der Waals surface area contributed by atoms with E-state index in [0.717, 1.165) is 5.56 Å². The van der Waals surface area contributed by atoms with Gasteiger partial charge < -0.3 is 14.8 Å². The Bertz CT molecular complexity index is 428. The van der Waals surface area contributed by atoms with E-state index in [9.17, 15) is 10.1 Å². The fourth-order valence-electron chi connectivity index (χ4n) is 1.58. The van der Waals surface area contributed by atoms with Gasteiger partial charge in [0.2, 0.25) is 0 Å². The van der Waals surface area contributed by atoms with Crippen molar-refractivity contribution in [1.29, 1.82) is 0 Å². The molecule has 0 fully saturated rings. The van der Waals surface area contributed by atoms with Gasteiger partial charge in [-0.3, -0.25) is 10.1 Å². The zero-order valence-electron chi connectivity index (χ0n) is 10.9. The molecular formula is C12H17BrN2O4. The molecule has 0 aliphatic rings. The van der Waals surface area contributed by atoms with Gasteiger partial charge in [-0.15, -0.1) is 0 Å². The number of hydrogen-bond donors (Lipinski definition) is 1. The van der Waals surface area contributed by atoms with Crippen LogP contribution in [-0.2, 0) is 16.0 Å². The van der Waals surface area contributed by atoms with Crippen LogP contribution in [0.2, 0.25) is 0 Å². The highest BCUT2D eigenvalue weighted by Gasteiger charge is 2.12. The SMILES string of the molecule is COCC(CNCc1ccc(Br)c([N+](=O)[O-])c1)OC. The first kappa shape index (κ1) is 16.0. The second-order valence-corrected chi connectivity index (χ2v) is 4.84. The number of nitro benzene ring substituents is 1. The maximum Gasteiger partial charge on any atom is 0.283 e. The van der Waals surface area contributed by atoms with Gasteiger partial charge in [-0.1, -0.05) is 6.07 Å². The van der Waals surface area contributed by atoms with Gasteiger partial charge in [0.25, 0.3) is 5.69 Å². The molecule has 0 aliphatic heterocycles. The third kappa shape index (κ3) is 5.23. The fourth-order valence-corrected chi connectivity index (χ4v) is 1.97. The van der Waals surface area contributed by atoms with Gasteiger partial charge >= 0.3 is 0 Å². The first-order chi connectivity index (χ1) is 9.08. The molecule has 0 aliphatic carbocycles. The van der Waals surface area contributed by atoms with E-state index in [1.807, 2.05) is 6.07 Å². The van der Waals surface area contributed by atoms with E-state index >= 15 is 0 Å². The van der Waals surface area contributed by atoms with Crippen LogP contribution in [0.4, 0.5) is 5.69 Å². The smallest absolute Gasteiger partial charge is 0.283 e. The first-order valence-corrected chi connectivity index (χ1v) is 6.53. The summed E-state index contributed by atoms with van der Waals surface area (Å²) in [5.74, 6) is 0. The van der Waals surface area contributed by atoms with Crippen LogP contribution < -0.4 is 5.32 Å². The lowest BCUT2D eigenvalue weighted by atomic mass is 10.2. The molecule has 0 spiro atoms. The van der Waals surface area contributed by atoms with E-state index in [1.54, 1.807) is 26.4 Å². The van der Waals surface area contributed by atoms with Crippen LogP contribution in [0.15, 0.2) is 22.7 Å².